The lowest BCUT2D eigenvalue weighted by Gasteiger charge is -2.42. The Morgan fingerprint density at radius 2 is 1.54 bits per heavy atom. The van der Waals surface area contributed by atoms with Gasteiger partial charge in [-0.3, -0.25) is 9.78 Å². The van der Waals surface area contributed by atoms with Crippen LogP contribution in [0.2, 0.25) is 0 Å². The highest BCUT2D eigenvalue weighted by Gasteiger charge is 2.37. The van der Waals surface area contributed by atoms with Crippen LogP contribution in [0.4, 0.5) is 0 Å². The number of rotatable bonds is 2. The molecule has 3 rings (SSSR count). The molecule has 1 aromatic heterocycles. The second-order valence-electron chi connectivity index (χ2n) is 8.53. The van der Waals surface area contributed by atoms with Gasteiger partial charge in [-0.05, 0) is 71.9 Å². The second-order valence-corrected chi connectivity index (χ2v) is 8.53. The fourth-order valence-electron chi connectivity index (χ4n) is 3.71. The SMILES string of the molecule is Cc1ccc(C(=O)c2cc3c(cc2C)C(C)(C)CCC3(C)C)nc1. The van der Waals surface area contributed by atoms with Crippen molar-refractivity contribution in [1.82, 2.24) is 4.98 Å². The third kappa shape index (κ3) is 2.79. The van der Waals surface area contributed by atoms with Gasteiger partial charge >= 0.3 is 0 Å². The van der Waals surface area contributed by atoms with Crippen LogP contribution in [0.25, 0.3) is 0 Å². The van der Waals surface area contributed by atoms with Gasteiger partial charge in [-0.1, -0.05) is 39.8 Å². The van der Waals surface area contributed by atoms with E-state index in [-0.39, 0.29) is 16.6 Å². The Bertz CT molecular complexity index is 797. The van der Waals surface area contributed by atoms with Gasteiger partial charge in [0.2, 0.25) is 5.78 Å². The first-order valence-corrected chi connectivity index (χ1v) is 8.75. The molecule has 2 aromatic rings. The van der Waals surface area contributed by atoms with Crippen LogP contribution >= 0.6 is 0 Å². The van der Waals surface area contributed by atoms with Crippen molar-refractivity contribution < 1.29 is 4.79 Å². The molecule has 126 valence electrons. The molecule has 0 N–H and O–H groups in total. The van der Waals surface area contributed by atoms with Crippen molar-refractivity contribution >= 4 is 5.78 Å². The third-order valence-electron chi connectivity index (χ3n) is 5.59. The van der Waals surface area contributed by atoms with E-state index in [1.54, 1.807) is 6.20 Å². The van der Waals surface area contributed by atoms with Crippen molar-refractivity contribution in [3.05, 3.63) is 64.0 Å². The molecule has 2 heteroatoms. The van der Waals surface area contributed by atoms with Crippen molar-refractivity contribution in [1.29, 1.82) is 0 Å². The van der Waals surface area contributed by atoms with Crippen LogP contribution in [-0.4, -0.2) is 10.8 Å². The summed E-state index contributed by atoms with van der Waals surface area (Å²) in [7, 11) is 0. The Morgan fingerprint density at radius 3 is 2.08 bits per heavy atom. The number of pyridine rings is 1. The van der Waals surface area contributed by atoms with Gasteiger partial charge in [-0.25, -0.2) is 0 Å². The summed E-state index contributed by atoms with van der Waals surface area (Å²) in [6, 6.07) is 8.14. The van der Waals surface area contributed by atoms with E-state index in [9.17, 15) is 4.79 Å². The Labute approximate surface area is 145 Å². The summed E-state index contributed by atoms with van der Waals surface area (Å²) in [5.74, 6) is 0.0227. The van der Waals surface area contributed by atoms with Gasteiger partial charge in [0.1, 0.15) is 5.69 Å². The molecule has 1 aliphatic carbocycles. The number of hydrogen-bond donors (Lipinski definition) is 0. The maximum Gasteiger partial charge on any atom is 0.211 e. The van der Waals surface area contributed by atoms with Gasteiger partial charge < -0.3 is 0 Å². The van der Waals surface area contributed by atoms with Crippen molar-refractivity contribution in [2.24, 2.45) is 0 Å². The lowest BCUT2D eigenvalue weighted by atomic mass is 9.62. The summed E-state index contributed by atoms with van der Waals surface area (Å²) in [6.07, 6.45) is 4.08. The van der Waals surface area contributed by atoms with E-state index < -0.39 is 0 Å². The van der Waals surface area contributed by atoms with Gasteiger partial charge in [0.15, 0.2) is 0 Å². The van der Waals surface area contributed by atoms with E-state index in [4.69, 9.17) is 0 Å². The molecule has 2 nitrogen and oxygen atoms in total. The van der Waals surface area contributed by atoms with Crippen LogP contribution in [0.5, 0.6) is 0 Å². The molecule has 1 heterocycles. The molecular formula is C22H27NO. The van der Waals surface area contributed by atoms with Crippen molar-refractivity contribution in [2.75, 3.05) is 0 Å². The molecule has 0 atom stereocenters. The lowest BCUT2D eigenvalue weighted by molar-refractivity contribution is 0.103. The van der Waals surface area contributed by atoms with Gasteiger partial charge in [0.05, 0.1) is 0 Å². The molecule has 0 saturated carbocycles. The van der Waals surface area contributed by atoms with Crippen LogP contribution in [0, 0.1) is 13.8 Å². The van der Waals surface area contributed by atoms with Crippen LogP contribution < -0.4 is 0 Å². The lowest BCUT2D eigenvalue weighted by Crippen LogP contribution is -2.34. The zero-order chi connectivity index (χ0) is 17.7. The average Bonchev–Trinajstić information content (AvgIpc) is 2.52. The van der Waals surface area contributed by atoms with E-state index >= 15 is 0 Å². The fraction of sp³-hybridized carbons (Fsp3) is 0.455. The maximum absolute atomic E-state index is 13.0. The summed E-state index contributed by atoms with van der Waals surface area (Å²) in [4.78, 5) is 17.3. The van der Waals surface area contributed by atoms with Gasteiger partial charge in [-0.2, -0.15) is 0 Å². The first-order chi connectivity index (χ1) is 11.1. The molecule has 0 radical (unpaired) electrons. The van der Waals surface area contributed by atoms with Gasteiger partial charge in [0, 0.05) is 11.8 Å². The zero-order valence-electron chi connectivity index (χ0n) is 15.7. The number of hydrogen-bond acceptors (Lipinski definition) is 2. The molecule has 24 heavy (non-hydrogen) atoms. The van der Waals surface area contributed by atoms with E-state index in [0.717, 1.165) is 23.1 Å². The topological polar surface area (TPSA) is 30.0 Å². The smallest absolute Gasteiger partial charge is 0.211 e. The molecule has 0 spiro atoms. The fourth-order valence-corrected chi connectivity index (χ4v) is 3.71. The first-order valence-electron chi connectivity index (χ1n) is 8.75. The molecule has 0 amide bonds. The first kappa shape index (κ1) is 16.9. The number of carbonyl (C=O) groups is 1. The highest BCUT2D eigenvalue weighted by molar-refractivity contribution is 6.08. The highest BCUT2D eigenvalue weighted by atomic mass is 16.1. The van der Waals surface area contributed by atoms with Gasteiger partial charge in [-0.15, -0.1) is 0 Å². The minimum Gasteiger partial charge on any atom is -0.287 e. The molecule has 0 aliphatic heterocycles. The molecule has 0 bridgehead atoms. The van der Waals surface area contributed by atoms with E-state index in [1.807, 2.05) is 26.0 Å². The van der Waals surface area contributed by atoms with Crippen LogP contribution in [0.3, 0.4) is 0 Å². The number of aromatic nitrogens is 1. The zero-order valence-corrected chi connectivity index (χ0v) is 15.7. The predicted octanol–water partition coefficient (Wildman–Crippen LogP) is 5.28. The Hall–Kier alpha value is -1.96. The minimum atomic E-state index is 0.0227. The van der Waals surface area contributed by atoms with Crippen LogP contribution in [0.15, 0.2) is 30.5 Å². The molecule has 0 saturated heterocycles. The van der Waals surface area contributed by atoms with Crippen LogP contribution in [0.1, 0.15) is 78.8 Å². The maximum atomic E-state index is 13.0. The monoisotopic (exact) mass is 321 g/mol. The normalized spacial score (nSPS) is 18.1. The average molecular weight is 321 g/mol. The van der Waals surface area contributed by atoms with Gasteiger partial charge in [0.25, 0.3) is 0 Å². The number of benzene rings is 1. The standard InChI is InChI=1S/C22H27NO/c1-14-7-8-19(23-13-14)20(24)16-12-18-17(11-15(16)2)21(3,4)9-10-22(18,5)6/h7-8,11-13H,9-10H2,1-6H3. The molecule has 1 aliphatic rings. The summed E-state index contributed by atoms with van der Waals surface area (Å²) in [6.45, 7) is 13.2. The number of ketones is 1. The number of aryl methyl sites for hydroxylation is 2. The quantitative estimate of drug-likeness (QED) is 0.704. The molecule has 1 aromatic carbocycles. The Kier molecular flexibility index (Phi) is 3.90. The Balaban J connectivity index is 2.14. The van der Waals surface area contributed by atoms with E-state index in [1.165, 1.54) is 17.5 Å². The Morgan fingerprint density at radius 1 is 0.958 bits per heavy atom. The third-order valence-corrected chi connectivity index (χ3v) is 5.59. The molecule has 0 fully saturated rings. The number of fused-ring (bicyclic) bond motifs is 1. The van der Waals surface area contributed by atoms with E-state index in [2.05, 4.69) is 44.8 Å². The van der Waals surface area contributed by atoms with Crippen molar-refractivity contribution in [3.8, 4) is 0 Å². The largest absolute Gasteiger partial charge is 0.287 e. The van der Waals surface area contributed by atoms with E-state index in [0.29, 0.717) is 5.69 Å². The predicted molar refractivity (Wildman–Crippen MR) is 98.9 cm³/mol. The summed E-state index contributed by atoms with van der Waals surface area (Å²) in [5.41, 5.74) is 6.41. The summed E-state index contributed by atoms with van der Waals surface area (Å²) < 4.78 is 0. The minimum absolute atomic E-state index is 0.0227. The van der Waals surface area contributed by atoms with Crippen LogP contribution in [-0.2, 0) is 10.8 Å². The number of nitrogens with zero attached hydrogens (tertiary/aromatic N) is 1. The number of carbonyl (C=O) groups excluding carboxylic acids is 1. The second kappa shape index (κ2) is 5.54. The summed E-state index contributed by atoms with van der Waals surface area (Å²) >= 11 is 0. The van der Waals surface area contributed by atoms with Crippen molar-refractivity contribution in [2.45, 2.75) is 65.2 Å². The molecular weight excluding hydrogens is 294 g/mol. The summed E-state index contributed by atoms with van der Waals surface area (Å²) in [5, 5.41) is 0. The molecule has 0 unspecified atom stereocenters. The highest BCUT2D eigenvalue weighted by Crippen LogP contribution is 2.46. The van der Waals surface area contributed by atoms with Crippen molar-refractivity contribution in [3.63, 3.8) is 0 Å².